The highest BCUT2D eigenvalue weighted by Crippen LogP contribution is 2.62. The average Bonchev–Trinajstić information content (AvgIpc) is 3.37. The van der Waals surface area contributed by atoms with Gasteiger partial charge in [0.2, 0.25) is 5.79 Å². The van der Waals surface area contributed by atoms with Gasteiger partial charge in [0, 0.05) is 43.7 Å². The van der Waals surface area contributed by atoms with Gasteiger partial charge in [-0.15, -0.1) is 13.2 Å². The maximum absolute atomic E-state index is 14.7. The number of amides is 2. The van der Waals surface area contributed by atoms with E-state index >= 15 is 0 Å². The zero-order valence-electron chi connectivity index (χ0n) is 39.9. The maximum Gasteiger partial charge on any atom is 0.417 e. The van der Waals surface area contributed by atoms with Crippen LogP contribution in [-0.2, 0) is 27.5 Å². The number of carbonyl (C=O) groups is 2. The smallest absolute Gasteiger partial charge is 0.417 e. The molecule has 3 N–H and O–H groups in total. The van der Waals surface area contributed by atoms with Crippen molar-refractivity contribution < 1.29 is 57.5 Å². The quantitative estimate of drug-likeness (QED) is 0.0347. The van der Waals surface area contributed by atoms with Crippen molar-refractivity contribution in [2.75, 3.05) is 46.0 Å². The molecule has 372 valence electrons. The van der Waals surface area contributed by atoms with Crippen molar-refractivity contribution in [2.24, 2.45) is 22.9 Å². The van der Waals surface area contributed by atoms with Crippen molar-refractivity contribution in [1.82, 2.24) is 4.90 Å². The summed E-state index contributed by atoms with van der Waals surface area (Å²) in [5.41, 5.74) is 4.04. The van der Waals surface area contributed by atoms with Crippen LogP contribution in [0, 0.1) is 23.6 Å². The molecule has 1 heterocycles. The monoisotopic (exact) mass is 961 g/mol. The lowest BCUT2D eigenvalue weighted by Crippen LogP contribution is -2.70. The minimum atomic E-state index is -1.62. The summed E-state index contributed by atoms with van der Waals surface area (Å²) in [4.78, 5) is 36.2. The van der Waals surface area contributed by atoms with E-state index in [1.807, 2.05) is 36.4 Å². The summed E-state index contributed by atoms with van der Waals surface area (Å²) in [6.07, 6.45) is 8.64. The molecule has 7 rings (SSSR count). The van der Waals surface area contributed by atoms with Crippen LogP contribution >= 0.6 is 0 Å². The van der Waals surface area contributed by atoms with E-state index < -0.39 is 41.7 Å². The number of hydrogen-bond acceptors (Lipinski definition) is 12. The highest BCUT2D eigenvalue weighted by atomic mass is 19.1. The molecule has 2 amide bonds. The third kappa shape index (κ3) is 12.0. The molecule has 3 aliphatic rings. The van der Waals surface area contributed by atoms with Crippen LogP contribution in [0.5, 0.6) is 23.0 Å². The second kappa shape index (κ2) is 24.7. The molecule has 4 aromatic carbocycles. The molecule has 0 spiro atoms. The summed E-state index contributed by atoms with van der Waals surface area (Å²) < 4.78 is 51.6. The van der Waals surface area contributed by atoms with Crippen LogP contribution in [0.2, 0.25) is 0 Å². The molecular formula is C55H64FN3O11. The first-order chi connectivity index (χ1) is 34.2. The van der Waals surface area contributed by atoms with Gasteiger partial charge in [0.15, 0.2) is 0 Å². The van der Waals surface area contributed by atoms with E-state index in [0.717, 1.165) is 29.5 Å². The van der Waals surface area contributed by atoms with Crippen LogP contribution < -0.4 is 24.3 Å². The van der Waals surface area contributed by atoms with Crippen molar-refractivity contribution in [2.45, 2.75) is 82.3 Å². The first-order valence-corrected chi connectivity index (χ1v) is 23.9. The molecule has 0 saturated heterocycles. The molecule has 1 saturated carbocycles. The van der Waals surface area contributed by atoms with Crippen molar-refractivity contribution in [3.8, 4) is 23.0 Å². The third-order valence-electron chi connectivity index (χ3n) is 13.2. The number of nitrogens with one attached hydrogen (secondary N) is 1. The molecule has 70 heavy (non-hydrogen) atoms. The molecule has 1 fully saturated rings. The SMILES string of the molecule is C=CCCOC(=O)N(Cc1ccc(F)cc1)[C@H]1CC(=NOCc2ccccc2)C2=C[C@H](CCCCO)[C@@H](CCCCO)[C@@H]3c4cc(OC(=O)Nc5ccc(OC)cc5OC)ccc4O[C@@]1(OCC=C)[C@H]23. The Hall–Kier alpha value is -6.68. The Morgan fingerprint density at radius 3 is 2.37 bits per heavy atom. The number of aliphatic hydroxyl groups excluding tert-OH is 2. The normalized spacial score (nSPS) is 21.5. The second-order valence-corrected chi connectivity index (χ2v) is 17.6. The van der Waals surface area contributed by atoms with Crippen LogP contribution in [-0.4, -0.2) is 85.5 Å². The molecule has 0 bridgehead atoms. The topological polar surface area (TPSA) is 167 Å². The lowest BCUT2D eigenvalue weighted by Gasteiger charge is -2.59. The number of fused-ring (bicyclic) bond motifs is 2. The molecule has 15 heteroatoms. The molecule has 0 aromatic heterocycles. The minimum Gasteiger partial charge on any atom is -0.497 e. The van der Waals surface area contributed by atoms with Crippen molar-refractivity contribution in [3.05, 3.63) is 150 Å². The molecule has 4 aromatic rings. The van der Waals surface area contributed by atoms with E-state index in [9.17, 15) is 24.2 Å². The summed E-state index contributed by atoms with van der Waals surface area (Å²) in [5.74, 6) is -1.70. The number of halogens is 1. The molecule has 0 unspecified atom stereocenters. The van der Waals surface area contributed by atoms with E-state index in [4.69, 9.17) is 38.4 Å². The molecule has 1 aliphatic heterocycles. The van der Waals surface area contributed by atoms with Crippen LogP contribution in [0.1, 0.15) is 74.0 Å². The number of carbonyl (C=O) groups excluding carboxylic acids is 2. The number of nitrogens with zero attached hydrogens (tertiary/aromatic N) is 2. The Kier molecular flexibility index (Phi) is 18.1. The standard InChI is InChI=1S/C55H64FN3O11/c1-5-7-30-66-54(63)59(35-37-19-21-40(56)22-20-37)50-34-47(58-68-36-38-15-9-8-10-16-38)44-31-39(17-11-13-27-60)43(18-12-14-28-61)51-45-32-42(24-26-48(45)70-55(50,52(44)51)67-29-6-2)69-53(62)57-46-25-23-41(64-3)33-49(46)65-4/h5-6,8-10,15-16,19-26,31-33,39,43,50-52,60-61H,1-2,7,11-14,17-18,27-30,34-36H2,3-4H3,(H,57,62)/t39-,43+,50-,51+,52+,55+/m0/s1. The predicted octanol–water partition coefficient (Wildman–Crippen LogP) is 10.5. The maximum atomic E-state index is 14.7. The largest absolute Gasteiger partial charge is 0.497 e. The number of unbranched alkanes of at least 4 members (excludes halogenated alkanes) is 2. The summed E-state index contributed by atoms with van der Waals surface area (Å²) in [6.45, 7) is 8.13. The first-order valence-electron chi connectivity index (χ1n) is 23.9. The number of anilines is 1. The number of methoxy groups -OCH3 is 2. The summed E-state index contributed by atoms with van der Waals surface area (Å²) >= 11 is 0. The van der Waals surface area contributed by atoms with Gasteiger partial charge in [-0.05, 0) is 103 Å². The number of rotatable bonds is 24. The number of allylic oxidation sites excluding steroid dienone is 1. The van der Waals surface area contributed by atoms with Crippen molar-refractivity contribution in [1.29, 1.82) is 0 Å². The second-order valence-electron chi connectivity index (χ2n) is 17.6. The van der Waals surface area contributed by atoms with Crippen LogP contribution in [0.4, 0.5) is 19.7 Å². The molecule has 6 atom stereocenters. The zero-order valence-corrected chi connectivity index (χ0v) is 39.9. The van der Waals surface area contributed by atoms with Crippen LogP contribution in [0.3, 0.4) is 0 Å². The van der Waals surface area contributed by atoms with E-state index in [1.165, 1.54) is 26.4 Å². The Balaban J connectivity index is 1.42. The van der Waals surface area contributed by atoms with E-state index in [0.29, 0.717) is 66.3 Å². The number of benzene rings is 4. The van der Waals surface area contributed by atoms with Crippen LogP contribution in [0.15, 0.2) is 133 Å². The fourth-order valence-corrected chi connectivity index (χ4v) is 10.0. The van der Waals surface area contributed by atoms with E-state index in [1.54, 1.807) is 59.5 Å². The fourth-order valence-electron chi connectivity index (χ4n) is 10.0. The highest BCUT2D eigenvalue weighted by Gasteiger charge is 2.65. The summed E-state index contributed by atoms with van der Waals surface area (Å²) in [6, 6.07) is 24.9. The van der Waals surface area contributed by atoms with Gasteiger partial charge in [-0.3, -0.25) is 10.2 Å². The average molecular weight is 962 g/mol. The highest BCUT2D eigenvalue weighted by molar-refractivity contribution is 6.03. The molecular weight excluding hydrogens is 898 g/mol. The Labute approximate surface area is 409 Å². The molecule has 14 nitrogen and oxygen atoms in total. The Bertz CT molecular complexity index is 2470. The molecule has 2 aliphatic carbocycles. The third-order valence-corrected chi connectivity index (χ3v) is 13.2. The summed E-state index contributed by atoms with van der Waals surface area (Å²) in [5, 5.41) is 27.7. The van der Waals surface area contributed by atoms with Gasteiger partial charge in [-0.2, -0.15) is 0 Å². The van der Waals surface area contributed by atoms with E-state index in [2.05, 4.69) is 24.6 Å². The number of hydrogen-bond donors (Lipinski definition) is 3. The van der Waals surface area contributed by atoms with E-state index in [-0.39, 0.29) is 63.6 Å². The summed E-state index contributed by atoms with van der Waals surface area (Å²) in [7, 11) is 3.03. The van der Waals surface area contributed by atoms with Gasteiger partial charge in [-0.25, -0.2) is 14.0 Å². The van der Waals surface area contributed by atoms with Crippen LogP contribution in [0.25, 0.3) is 0 Å². The van der Waals surface area contributed by atoms with Crippen molar-refractivity contribution >= 4 is 23.6 Å². The van der Waals surface area contributed by atoms with Crippen molar-refractivity contribution in [3.63, 3.8) is 0 Å². The van der Waals surface area contributed by atoms with Gasteiger partial charge in [0.05, 0.1) is 44.8 Å². The number of aliphatic hydroxyl groups is 2. The van der Waals surface area contributed by atoms with Gasteiger partial charge in [0.25, 0.3) is 0 Å². The lowest BCUT2D eigenvalue weighted by atomic mass is 9.55. The lowest BCUT2D eigenvalue weighted by molar-refractivity contribution is -0.256. The number of ether oxygens (including phenoxy) is 6. The zero-order chi connectivity index (χ0) is 49.5. The van der Waals surface area contributed by atoms with Gasteiger partial charge in [0.1, 0.15) is 41.5 Å². The number of oxime groups is 1. The minimum absolute atomic E-state index is 0.00748. The Morgan fingerprint density at radius 1 is 0.900 bits per heavy atom. The predicted molar refractivity (Wildman–Crippen MR) is 263 cm³/mol. The Morgan fingerprint density at radius 2 is 1.66 bits per heavy atom. The van der Waals surface area contributed by atoms with Gasteiger partial charge < -0.3 is 43.5 Å². The fraction of sp³-hybridized carbons (Fsp3) is 0.400. The van der Waals surface area contributed by atoms with Gasteiger partial charge >= 0.3 is 12.2 Å². The molecule has 0 radical (unpaired) electrons. The van der Waals surface area contributed by atoms with Gasteiger partial charge in [-0.1, -0.05) is 78.7 Å². The first kappa shape index (κ1) is 51.2.